The summed E-state index contributed by atoms with van der Waals surface area (Å²) in [6, 6.07) is 0. The van der Waals surface area contributed by atoms with Gasteiger partial charge in [0, 0.05) is 0 Å². The zero-order valence-corrected chi connectivity index (χ0v) is 6.28. The quantitative estimate of drug-likeness (QED) is 0.494. The van der Waals surface area contributed by atoms with Gasteiger partial charge in [-0.1, -0.05) is 33.6 Å². The molecule has 0 bridgehead atoms. The SMILES string of the molecule is [CH2-]C(C)CC(C)CC. The third kappa shape index (κ3) is 4.17. The molecule has 0 saturated carbocycles. The fourth-order valence-electron chi connectivity index (χ4n) is 0.854. The Bertz CT molecular complexity index is 46.0. The summed E-state index contributed by atoms with van der Waals surface area (Å²) in [5.41, 5.74) is 0. The highest BCUT2D eigenvalue weighted by Crippen LogP contribution is 2.12. The van der Waals surface area contributed by atoms with Crippen molar-refractivity contribution in [2.45, 2.75) is 33.6 Å². The minimum Gasteiger partial charge on any atom is -0.341 e. The van der Waals surface area contributed by atoms with Crippen molar-refractivity contribution in [2.24, 2.45) is 11.8 Å². The smallest absolute Gasteiger partial charge is 0.0467 e. The first-order chi connectivity index (χ1) is 3.66. The van der Waals surface area contributed by atoms with Gasteiger partial charge in [-0.3, -0.25) is 0 Å². The van der Waals surface area contributed by atoms with Crippen LogP contribution in [0.2, 0.25) is 0 Å². The summed E-state index contributed by atoms with van der Waals surface area (Å²) in [7, 11) is 0. The Morgan fingerprint density at radius 1 is 1.38 bits per heavy atom. The molecule has 0 spiro atoms. The van der Waals surface area contributed by atoms with E-state index in [0.29, 0.717) is 5.92 Å². The predicted octanol–water partition coefficient (Wildman–Crippen LogP) is 2.89. The fraction of sp³-hybridized carbons (Fsp3) is 0.875. The highest BCUT2D eigenvalue weighted by Gasteiger charge is 1.96. The molecule has 2 unspecified atom stereocenters. The number of hydrogen-bond acceptors (Lipinski definition) is 0. The minimum atomic E-state index is 0.630. The normalized spacial score (nSPS) is 18.0. The zero-order valence-electron chi connectivity index (χ0n) is 6.28. The van der Waals surface area contributed by atoms with Gasteiger partial charge >= 0.3 is 0 Å². The van der Waals surface area contributed by atoms with Gasteiger partial charge in [0.1, 0.15) is 0 Å². The monoisotopic (exact) mass is 113 g/mol. The average Bonchev–Trinajstić information content (AvgIpc) is 1.65. The highest BCUT2D eigenvalue weighted by atomic mass is 14.1. The molecule has 0 aromatic carbocycles. The first-order valence-corrected chi connectivity index (χ1v) is 3.49. The third-order valence-corrected chi connectivity index (χ3v) is 1.50. The van der Waals surface area contributed by atoms with Crippen LogP contribution < -0.4 is 0 Å². The molecule has 2 atom stereocenters. The summed E-state index contributed by atoms with van der Waals surface area (Å²) in [6.07, 6.45) is 2.57. The molecule has 0 aromatic heterocycles. The molecule has 0 rings (SSSR count). The molecule has 0 nitrogen and oxygen atoms in total. The van der Waals surface area contributed by atoms with Crippen LogP contribution in [0.3, 0.4) is 0 Å². The second-order valence-corrected chi connectivity index (χ2v) is 2.85. The van der Waals surface area contributed by atoms with Crippen molar-refractivity contribution >= 4 is 0 Å². The van der Waals surface area contributed by atoms with Crippen molar-refractivity contribution in [3.63, 3.8) is 0 Å². The fourth-order valence-corrected chi connectivity index (χ4v) is 0.854. The van der Waals surface area contributed by atoms with E-state index in [2.05, 4.69) is 27.7 Å². The summed E-state index contributed by atoms with van der Waals surface area (Å²) >= 11 is 0. The molecular formula is C8H17-. The lowest BCUT2D eigenvalue weighted by Gasteiger charge is -2.15. The standard InChI is InChI=1S/C8H17/c1-5-8(4)6-7(2)3/h7-8H,2,5-6H2,1,3-4H3/q-1. The predicted molar refractivity (Wildman–Crippen MR) is 38.6 cm³/mol. The van der Waals surface area contributed by atoms with Gasteiger partial charge in [0.25, 0.3) is 0 Å². The van der Waals surface area contributed by atoms with Gasteiger partial charge in [-0.2, -0.15) is 5.92 Å². The van der Waals surface area contributed by atoms with Crippen LogP contribution in [-0.4, -0.2) is 0 Å². The van der Waals surface area contributed by atoms with E-state index in [0.717, 1.165) is 5.92 Å². The number of rotatable bonds is 3. The van der Waals surface area contributed by atoms with Gasteiger partial charge in [0.15, 0.2) is 0 Å². The molecule has 0 aliphatic rings. The average molecular weight is 113 g/mol. The van der Waals surface area contributed by atoms with Crippen LogP contribution >= 0.6 is 0 Å². The van der Waals surface area contributed by atoms with E-state index in [1.54, 1.807) is 0 Å². The first kappa shape index (κ1) is 8.00. The van der Waals surface area contributed by atoms with Crippen LogP contribution in [0.25, 0.3) is 0 Å². The van der Waals surface area contributed by atoms with Crippen LogP contribution in [0.15, 0.2) is 0 Å². The highest BCUT2D eigenvalue weighted by molar-refractivity contribution is 4.58. The molecule has 0 aromatic rings. The van der Waals surface area contributed by atoms with Crippen LogP contribution in [0.5, 0.6) is 0 Å². The molecule has 0 saturated heterocycles. The molecule has 0 N–H and O–H groups in total. The van der Waals surface area contributed by atoms with E-state index in [1.165, 1.54) is 12.8 Å². The maximum absolute atomic E-state index is 3.93. The molecule has 8 heavy (non-hydrogen) atoms. The van der Waals surface area contributed by atoms with Gasteiger partial charge < -0.3 is 6.92 Å². The molecule has 0 radical (unpaired) electrons. The van der Waals surface area contributed by atoms with Crippen molar-refractivity contribution in [3.8, 4) is 0 Å². The number of hydrogen-bond donors (Lipinski definition) is 0. The van der Waals surface area contributed by atoms with E-state index >= 15 is 0 Å². The molecular weight excluding hydrogens is 96.1 g/mol. The van der Waals surface area contributed by atoms with E-state index < -0.39 is 0 Å². The topological polar surface area (TPSA) is 0 Å². The zero-order chi connectivity index (χ0) is 6.57. The summed E-state index contributed by atoms with van der Waals surface area (Å²) in [4.78, 5) is 0. The van der Waals surface area contributed by atoms with Gasteiger partial charge in [0.2, 0.25) is 0 Å². The van der Waals surface area contributed by atoms with Crippen LogP contribution in [-0.2, 0) is 0 Å². The Morgan fingerprint density at radius 3 is 2.00 bits per heavy atom. The molecule has 0 heterocycles. The molecule has 50 valence electrons. The Hall–Kier alpha value is 0. The summed E-state index contributed by atoms with van der Waals surface area (Å²) in [5, 5.41) is 0. The first-order valence-electron chi connectivity index (χ1n) is 3.49. The second kappa shape index (κ2) is 3.94. The lowest BCUT2D eigenvalue weighted by molar-refractivity contribution is 0.453. The van der Waals surface area contributed by atoms with E-state index in [-0.39, 0.29) is 0 Å². The third-order valence-electron chi connectivity index (χ3n) is 1.50. The van der Waals surface area contributed by atoms with Crippen molar-refractivity contribution in [1.29, 1.82) is 0 Å². The van der Waals surface area contributed by atoms with Gasteiger partial charge in [-0.25, -0.2) is 0 Å². The molecule has 0 fully saturated rings. The summed E-state index contributed by atoms with van der Waals surface area (Å²) in [5.74, 6) is 1.49. The second-order valence-electron chi connectivity index (χ2n) is 2.85. The Kier molecular flexibility index (Phi) is 3.94. The van der Waals surface area contributed by atoms with Crippen LogP contribution in [0.4, 0.5) is 0 Å². The lowest BCUT2D eigenvalue weighted by Crippen LogP contribution is -1.97. The van der Waals surface area contributed by atoms with Crippen molar-refractivity contribution in [2.75, 3.05) is 0 Å². The Labute approximate surface area is 53.3 Å². The summed E-state index contributed by atoms with van der Waals surface area (Å²) < 4.78 is 0. The molecule has 0 aliphatic heterocycles. The van der Waals surface area contributed by atoms with E-state index in [1.807, 2.05) is 0 Å². The minimum absolute atomic E-state index is 0.630. The molecule has 0 aliphatic carbocycles. The van der Waals surface area contributed by atoms with E-state index in [4.69, 9.17) is 0 Å². The van der Waals surface area contributed by atoms with E-state index in [9.17, 15) is 0 Å². The Morgan fingerprint density at radius 2 is 1.88 bits per heavy atom. The van der Waals surface area contributed by atoms with Gasteiger partial charge in [0.05, 0.1) is 0 Å². The maximum Gasteiger partial charge on any atom is -0.0467 e. The van der Waals surface area contributed by atoms with Crippen LogP contribution in [0, 0.1) is 18.8 Å². The largest absolute Gasteiger partial charge is 0.341 e. The van der Waals surface area contributed by atoms with Crippen molar-refractivity contribution in [1.82, 2.24) is 0 Å². The molecule has 0 heteroatoms. The lowest BCUT2D eigenvalue weighted by atomic mass is 9.97. The van der Waals surface area contributed by atoms with Gasteiger partial charge in [-0.05, 0) is 5.92 Å². The van der Waals surface area contributed by atoms with Gasteiger partial charge in [-0.15, -0.1) is 0 Å². The maximum atomic E-state index is 3.93. The summed E-state index contributed by atoms with van der Waals surface area (Å²) in [6.45, 7) is 10.6. The van der Waals surface area contributed by atoms with Crippen molar-refractivity contribution < 1.29 is 0 Å². The van der Waals surface area contributed by atoms with Crippen molar-refractivity contribution in [3.05, 3.63) is 6.92 Å². The van der Waals surface area contributed by atoms with Crippen LogP contribution in [0.1, 0.15) is 33.6 Å². The molecule has 0 amide bonds. The Balaban J connectivity index is 3.10.